The van der Waals surface area contributed by atoms with Crippen molar-refractivity contribution in [3.05, 3.63) is 75.7 Å². The minimum absolute atomic E-state index is 0.00932. The van der Waals surface area contributed by atoms with E-state index in [9.17, 15) is 9.18 Å². The zero-order chi connectivity index (χ0) is 26.5. The van der Waals surface area contributed by atoms with Gasteiger partial charge < -0.3 is 20.1 Å². The standard InChI is InChI=1S/C27H29Cl2FN4O3/c1-17(24-21(28)7-8-22(30)25(24)29)37-23-15-20(16-32-26(23)31)18-3-5-19(6-4-18)27(35)34-11-9-33(10-12-34)13-14-36-2/h3-8,15-17H,9-14H2,1-2H3,(H2,31,32). The van der Waals surface area contributed by atoms with E-state index in [4.69, 9.17) is 38.4 Å². The topological polar surface area (TPSA) is 80.9 Å². The third-order valence-electron chi connectivity index (χ3n) is 6.41. The van der Waals surface area contributed by atoms with E-state index in [1.165, 1.54) is 12.1 Å². The smallest absolute Gasteiger partial charge is 0.253 e. The zero-order valence-electron chi connectivity index (χ0n) is 20.7. The number of ether oxygens (including phenoxy) is 2. The van der Waals surface area contributed by atoms with Gasteiger partial charge in [-0.25, -0.2) is 9.37 Å². The number of pyridine rings is 1. The van der Waals surface area contributed by atoms with Crippen LogP contribution < -0.4 is 10.5 Å². The van der Waals surface area contributed by atoms with Crippen LogP contribution in [0.3, 0.4) is 0 Å². The molecule has 1 fully saturated rings. The number of hydrogen-bond donors (Lipinski definition) is 1. The van der Waals surface area contributed by atoms with E-state index in [1.807, 2.05) is 17.0 Å². The Morgan fingerprint density at radius 3 is 2.49 bits per heavy atom. The SMILES string of the molecule is COCCN1CCN(C(=O)c2ccc(-c3cnc(N)c(OC(C)c4c(Cl)ccc(F)c4Cl)c3)cc2)CC1. The van der Waals surface area contributed by atoms with Crippen molar-refractivity contribution in [2.45, 2.75) is 13.0 Å². The second-order valence-corrected chi connectivity index (χ2v) is 9.61. The van der Waals surface area contributed by atoms with Crippen LogP contribution in [0.4, 0.5) is 10.2 Å². The number of carbonyl (C=O) groups is 1. The average Bonchev–Trinajstić information content (AvgIpc) is 2.91. The van der Waals surface area contributed by atoms with Crippen LogP contribution in [-0.2, 0) is 4.74 Å². The van der Waals surface area contributed by atoms with E-state index in [-0.39, 0.29) is 16.7 Å². The van der Waals surface area contributed by atoms with Gasteiger partial charge in [0.05, 0.1) is 11.6 Å². The highest BCUT2D eigenvalue weighted by Gasteiger charge is 2.23. The van der Waals surface area contributed by atoms with Gasteiger partial charge in [0, 0.05) is 67.7 Å². The third-order valence-corrected chi connectivity index (χ3v) is 7.12. The van der Waals surface area contributed by atoms with Crippen molar-refractivity contribution in [3.63, 3.8) is 0 Å². The molecule has 2 N–H and O–H groups in total. The second kappa shape index (κ2) is 12.1. The number of rotatable bonds is 8. The first-order valence-corrected chi connectivity index (χ1v) is 12.7. The fourth-order valence-electron chi connectivity index (χ4n) is 4.25. The van der Waals surface area contributed by atoms with E-state index in [0.29, 0.717) is 41.6 Å². The molecule has 1 aromatic heterocycles. The molecular formula is C27H29Cl2FN4O3. The first kappa shape index (κ1) is 27.1. The minimum Gasteiger partial charge on any atom is -0.482 e. The number of piperazine rings is 1. The molecule has 7 nitrogen and oxygen atoms in total. The van der Waals surface area contributed by atoms with Crippen molar-refractivity contribution in [3.8, 4) is 16.9 Å². The third kappa shape index (κ3) is 6.33. The van der Waals surface area contributed by atoms with Gasteiger partial charge in [-0.2, -0.15) is 0 Å². The quantitative estimate of drug-likeness (QED) is 0.385. The Bertz CT molecular complexity index is 1250. The van der Waals surface area contributed by atoms with Gasteiger partial charge in [0.2, 0.25) is 0 Å². The molecule has 196 valence electrons. The molecule has 2 heterocycles. The van der Waals surface area contributed by atoms with Crippen molar-refractivity contribution < 1.29 is 18.7 Å². The van der Waals surface area contributed by atoms with E-state index >= 15 is 0 Å². The monoisotopic (exact) mass is 546 g/mol. The summed E-state index contributed by atoms with van der Waals surface area (Å²) < 4.78 is 25.1. The number of hydrogen-bond acceptors (Lipinski definition) is 6. The molecule has 0 radical (unpaired) electrons. The summed E-state index contributed by atoms with van der Waals surface area (Å²) in [7, 11) is 1.69. The highest BCUT2D eigenvalue weighted by molar-refractivity contribution is 6.36. The number of aromatic nitrogens is 1. The van der Waals surface area contributed by atoms with E-state index in [2.05, 4.69) is 9.88 Å². The van der Waals surface area contributed by atoms with Crippen LogP contribution in [0.2, 0.25) is 10.0 Å². The predicted octanol–water partition coefficient (Wildman–Crippen LogP) is 5.32. The molecule has 0 bridgehead atoms. The molecule has 3 aromatic rings. The Labute approximate surface area is 225 Å². The molecule has 1 unspecified atom stereocenters. The number of anilines is 1. The van der Waals surface area contributed by atoms with Crippen molar-refractivity contribution in [1.29, 1.82) is 0 Å². The number of amides is 1. The summed E-state index contributed by atoms with van der Waals surface area (Å²) in [5.74, 6) is -0.0855. The summed E-state index contributed by atoms with van der Waals surface area (Å²) in [5, 5.41) is 0.192. The van der Waals surface area contributed by atoms with Gasteiger partial charge in [-0.05, 0) is 42.8 Å². The lowest BCUT2D eigenvalue weighted by Crippen LogP contribution is -2.49. The molecule has 1 aliphatic heterocycles. The van der Waals surface area contributed by atoms with E-state index in [1.54, 1.807) is 38.4 Å². The lowest BCUT2D eigenvalue weighted by molar-refractivity contribution is 0.0594. The summed E-state index contributed by atoms with van der Waals surface area (Å²) in [4.78, 5) is 21.4. The van der Waals surface area contributed by atoms with Crippen LogP contribution in [0, 0.1) is 5.82 Å². The van der Waals surface area contributed by atoms with Crippen LogP contribution >= 0.6 is 23.2 Å². The minimum atomic E-state index is -0.676. The Balaban J connectivity index is 1.46. The van der Waals surface area contributed by atoms with Gasteiger partial charge in [0.25, 0.3) is 5.91 Å². The lowest BCUT2D eigenvalue weighted by atomic mass is 10.0. The first-order valence-electron chi connectivity index (χ1n) is 11.9. The molecule has 1 atom stereocenters. The molecule has 0 spiro atoms. The summed E-state index contributed by atoms with van der Waals surface area (Å²) in [5.41, 5.74) is 8.59. The van der Waals surface area contributed by atoms with Gasteiger partial charge >= 0.3 is 0 Å². The van der Waals surface area contributed by atoms with Gasteiger partial charge in [0.15, 0.2) is 11.6 Å². The Morgan fingerprint density at radius 2 is 1.81 bits per heavy atom. The maximum Gasteiger partial charge on any atom is 0.253 e. The number of methoxy groups -OCH3 is 1. The highest BCUT2D eigenvalue weighted by Crippen LogP contribution is 2.37. The predicted molar refractivity (Wildman–Crippen MR) is 144 cm³/mol. The number of halogens is 3. The summed E-state index contributed by atoms with van der Waals surface area (Å²) in [6.07, 6.45) is 0.954. The number of nitrogen functional groups attached to an aromatic ring is 1. The molecule has 0 aliphatic carbocycles. The maximum atomic E-state index is 14.0. The first-order chi connectivity index (χ1) is 17.8. The molecule has 0 saturated carbocycles. The van der Waals surface area contributed by atoms with Gasteiger partial charge in [-0.3, -0.25) is 9.69 Å². The number of benzene rings is 2. The summed E-state index contributed by atoms with van der Waals surface area (Å²) >= 11 is 12.4. The summed E-state index contributed by atoms with van der Waals surface area (Å²) in [6.45, 7) is 6.30. The molecule has 1 aliphatic rings. The lowest BCUT2D eigenvalue weighted by Gasteiger charge is -2.34. The van der Waals surface area contributed by atoms with Crippen LogP contribution in [0.1, 0.15) is 28.9 Å². The van der Waals surface area contributed by atoms with Gasteiger partial charge in [-0.1, -0.05) is 35.3 Å². The van der Waals surface area contributed by atoms with Gasteiger partial charge in [0.1, 0.15) is 11.9 Å². The van der Waals surface area contributed by atoms with E-state index in [0.717, 1.165) is 30.8 Å². The normalized spacial score (nSPS) is 15.0. The molecule has 4 rings (SSSR count). The molecule has 10 heteroatoms. The molecule has 2 aromatic carbocycles. The van der Waals surface area contributed by atoms with Crippen LogP contribution in [0.25, 0.3) is 11.1 Å². The van der Waals surface area contributed by atoms with Gasteiger partial charge in [-0.15, -0.1) is 0 Å². The number of nitrogens with two attached hydrogens (primary N) is 1. The molecule has 1 saturated heterocycles. The average molecular weight is 547 g/mol. The Morgan fingerprint density at radius 1 is 1.11 bits per heavy atom. The number of carbonyl (C=O) groups excluding carboxylic acids is 1. The van der Waals surface area contributed by atoms with Crippen LogP contribution in [0.5, 0.6) is 5.75 Å². The highest BCUT2D eigenvalue weighted by atomic mass is 35.5. The molecular weight excluding hydrogens is 518 g/mol. The van der Waals surface area contributed by atoms with E-state index < -0.39 is 11.9 Å². The molecule has 37 heavy (non-hydrogen) atoms. The zero-order valence-corrected chi connectivity index (χ0v) is 22.2. The Hall–Kier alpha value is -2.91. The largest absolute Gasteiger partial charge is 0.482 e. The fraction of sp³-hybridized carbons (Fsp3) is 0.333. The maximum absolute atomic E-state index is 14.0. The van der Waals surface area contributed by atoms with Crippen molar-refractivity contribution >= 4 is 34.9 Å². The van der Waals surface area contributed by atoms with Crippen LogP contribution in [0.15, 0.2) is 48.7 Å². The van der Waals surface area contributed by atoms with Crippen molar-refractivity contribution in [2.24, 2.45) is 0 Å². The second-order valence-electron chi connectivity index (χ2n) is 8.83. The summed E-state index contributed by atoms with van der Waals surface area (Å²) in [6, 6.07) is 11.7. The fourth-order valence-corrected chi connectivity index (χ4v) is 4.93. The number of nitrogens with zero attached hydrogens (tertiary/aromatic N) is 3. The van der Waals surface area contributed by atoms with Crippen LogP contribution in [-0.4, -0.2) is 67.1 Å². The molecule has 1 amide bonds. The Kier molecular flexibility index (Phi) is 8.87. The van der Waals surface area contributed by atoms with Crippen molar-refractivity contribution in [2.75, 3.05) is 52.2 Å². The van der Waals surface area contributed by atoms with Crippen molar-refractivity contribution in [1.82, 2.24) is 14.8 Å².